The van der Waals surface area contributed by atoms with Crippen LogP contribution in [0.15, 0.2) is 16.5 Å². The van der Waals surface area contributed by atoms with Crippen molar-refractivity contribution in [2.24, 2.45) is 0 Å². The van der Waals surface area contributed by atoms with Crippen LogP contribution in [0, 0.1) is 6.92 Å². The number of hydrogen-bond donors (Lipinski definition) is 1. The fourth-order valence-corrected chi connectivity index (χ4v) is 1.58. The van der Waals surface area contributed by atoms with Crippen molar-refractivity contribution in [3.05, 3.63) is 23.7 Å². The largest absolute Gasteiger partial charge is 0.465 e. The van der Waals surface area contributed by atoms with Gasteiger partial charge in [0.05, 0.1) is 6.04 Å². The lowest BCUT2D eigenvalue weighted by Crippen LogP contribution is -2.17. The highest BCUT2D eigenvalue weighted by Gasteiger charge is 2.27. The van der Waals surface area contributed by atoms with Crippen LogP contribution in [0.4, 0.5) is 13.2 Å². The fraction of sp³-hybridized carbons (Fsp3) is 0.636. The molecule has 0 amide bonds. The first-order valence-corrected chi connectivity index (χ1v) is 5.23. The number of alkyl halides is 3. The average molecular weight is 235 g/mol. The maximum absolute atomic E-state index is 12.0. The summed E-state index contributed by atoms with van der Waals surface area (Å²) in [5, 5.41) is 2.96. The van der Waals surface area contributed by atoms with Gasteiger partial charge in [-0.05, 0) is 38.9 Å². The van der Waals surface area contributed by atoms with E-state index in [0.29, 0.717) is 12.2 Å². The Bertz CT molecular complexity index is 319. The molecule has 0 aromatic carbocycles. The van der Waals surface area contributed by atoms with Crippen molar-refractivity contribution in [1.29, 1.82) is 0 Å². The third-order valence-electron chi connectivity index (χ3n) is 2.41. The molecule has 5 heteroatoms. The van der Waals surface area contributed by atoms with E-state index >= 15 is 0 Å². The first-order chi connectivity index (χ1) is 7.42. The predicted octanol–water partition coefficient (Wildman–Crippen LogP) is 3.58. The number of rotatable bonds is 5. The molecule has 2 nitrogen and oxygen atoms in total. The van der Waals surface area contributed by atoms with Gasteiger partial charge in [0.15, 0.2) is 0 Å². The van der Waals surface area contributed by atoms with Gasteiger partial charge in [-0.25, -0.2) is 0 Å². The molecule has 0 aliphatic rings. The molecule has 0 saturated heterocycles. The molecule has 1 aromatic heterocycles. The molecule has 0 aliphatic heterocycles. The Kier molecular flexibility index (Phi) is 4.41. The van der Waals surface area contributed by atoms with E-state index in [1.807, 2.05) is 13.0 Å². The Balaban J connectivity index is 2.44. The maximum Gasteiger partial charge on any atom is 0.389 e. The second-order valence-electron chi connectivity index (χ2n) is 3.80. The van der Waals surface area contributed by atoms with E-state index in [0.717, 1.165) is 5.76 Å². The molecule has 1 atom stereocenters. The van der Waals surface area contributed by atoms with E-state index in [-0.39, 0.29) is 12.5 Å². The highest BCUT2D eigenvalue weighted by atomic mass is 19.4. The summed E-state index contributed by atoms with van der Waals surface area (Å²) in [6.45, 7) is 1.81. The van der Waals surface area contributed by atoms with Gasteiger partial charge in [-0.3, -0.25) is 0 Å². The second-order valence-corrected chi connectivity index (χ2v) is 3.80. The maximum atomic E-state index is 12.0. The SMILES string of the molecule is CNC(CCCC(F)(F)F)c1ccc(C)o1. The van der Waals surface area contributed by atoms with Crippen molar-refractivity contribution in [2.75, 3.05) is 7.05 Å². The van der Waals surface area contributed by atoms with E-state index in [9.17, 15) is 13.2 Å². The van der Waals surface area contributed by atoms with Gasteiger partial charge in [-0.1, -0.05) is 0 Å². The molecule has 92 valence electrons. The Hall–Kier alpha value is -0.970. The van der Waals surface area contributed by atoms with Crippen molar-refractivity contribution in [1.82, 2.24) is 5.32 Å². The minimum Gasteiger partial charge on any atom is -0.465 e. The van der Waals surface area contributed by atoms with Crippen LogP contribution < -0.4 is 5.32 Å². The van der Waals surface area contributed by atoms with E-state index in [1.165, 1.54) is 0 Å². The lowest BCUT2D eigenvalue weighted by atomic mass is 10.1. The van der Waals surface area contributed by atoms with E-state index in [1.54, 1.807) is 13.1 Å². The van der Waals surface area contributed by atoms with Crippen molar-refractivity contribution < 1.29 is 17.6 Å². The van der Waals surface area contributed by atoms with Crippen molar-refractivity contribution in [2.45, 2.75) is 38.4 Å². The molecular weight excluding hydrogens is 219 g/mol. The Morgan fingerprint density at radius 1 is 1.38 bits per heavy atom. The molecule has 1 rings (SSSR count). The zero-order chi connectivity index (χ0) is 12.2. The lowest BCUT2D eigenvalue weighted by molar-refractivity contribution is -0.135. The van der Waals surface area contributed by atoms with Crippen molar-refractivity contribution >= 4 is 0 Å². The van der Waals surface area contributed by atoms with Crippen molar-refractivity contribution in [3.63, 3.8) is 0 Å². The molecule has 0 bridgehead atoms. The van der Waals surface area contributed by atoms with Crippen LogP contribution in [0.5, 0.6) is 0 Å². The molecule has 0 fully saturated rings. The minimum absolute atomic E-state index is 0.106. The lowest BCUT2D eigenvalue weighted by Gasteiger charge is -2.14. The predicted molar refractivity (Wildman–Crippen MR) is 55.2 cm³/mol. The van der Waals surface area contributed by atoms with Crippen LogP contribution in [0.25, 0.3) is 0 Å². The van der Waals surface area contributed by atoms with Crippen LogP contribution in [-0.4, -0.2) is 13.2 Å². The van der Waals surface area contributed by atoms with Gasteiger partial charge in [-0.15, -0.1) is 0 Å². The molecule has 0 aliphatic carbocycles. The quantitative estimate of drug-likeness (QED) is 0.843. The molecular formula is C11H16F3NO. The first-order valence-electron chi connectivity index (χ1n) is 5.23. The molecule has 16 heavy (non-hydrogen) atoms. The normalized spacial score (nSPS) is 14.1. The van der Waals surface area contributed by atoms with Crippen LogP contribution in [-0.2, 0) is 0 Å². The van der Waals surface area contributed by atoms with E-state index < -0.39 is 12.6 Å². The summed E-state index contributed by atoms with van der Waals surface area (Å²) >= 11 is 0. The number of furan rings is 1. The first kappa shape index (κ1) is 13.1. The van der Waals surface area contributed by atoms with Crippen LogP contribution in [0.3, 0.4) is 0 Å². The second kappa shape index (κ2) is 5.39. The standard InChI is InChI=1S/C11H16F3NO/c1-8-5-6-10(16-8)9(15-2)4-3-7-11(12,13)14/h5-6,9,15H,3-4,7H2,1-2H3. The third kappa shape index (κ3) is 4.26. The van der Waals surface area contributed by atoms with Gasteiger partial charge < -0.3 is 9.73 Å². The topological polar surface area (TPSA) is 25.2 Å². The van der Waals surface area contributed by atoms with Crippen LogP contribution >= 0.6 is 0 Å². The highest BCUT2D eigenvalue weighted by molar-refractivity contribution is 5.09. The Labute approximate surface area is 92.8 Å². The highest BCUT2D eigenvalue weighted by Crippen LogP contribution is 2.26. The molecule has 1 N–H and O–H groups in total. The molecule has 0 spiro atoms. The molecule has 1 unspecified atom stereocenters. The summed E-state index contributed by atoms with van der Waals surface area (Å²) in [4.78, 5) is 0. The summed E-state index contributed by atoms with van der Waals surface area (Å²) in [5.41, 5.74) is 0. The zero-order valence-electron chi connectivity index (χ0n) is 9.40. The third-order valence-corrected chi connectivity index (χ3v) is 2.41. The summed E-state index contributed by atoms with van der Waals surface area (Å²) < 4.78 is 41.3. The molecule has 1 aromatic rings. The van der Waals surface area contributed by atoms with Gasteiger partial charge in [-0.2, -0.15) is 13.2 Å². The summed E-state index contributed by atoms with van der Waals surface area (Å²) in [6, 6.07) is 3.46. The van der Waals surface area contributed by atoms with Crippen molar-refractivity contribution in [3.8, 4) is 0 Å². The number of nitrogens with one attached hydrogen (secondary N) is 1. The van der Waals surface area contributed by atoms with Gasteiger partial charge >= 0.3 is 6.18 Å². The van der Waals surface area contributed by atoms with Crippen LogP contribution in [0.2, 0.25) is 0 Å². The number of hydrogen-bond acceptors (Lipinski definition) is 2. The fourth-order valence-electron chi connectivity index (χ4n) is 1.58. The van der Waals surface area contributed by atoms with E-state index in [2.05, 4.69) is 5.32 Å². The molecule has 0 saturated carbocycles. The zero-order valence-corrected chi connectivity index (χ0v) is 9.40. The van der Waals surface area contributed by atoms with Crippen LogP contribution in [0.1, 0.15) is 36.8 Å². The number of halogens is 3. The number of aryl methyl sites for hydroxylation is 1. The summed E-state index contributed by atoms with van der Waals surface area (Å²) in [6.07, 6.45) is -4.29. The van der Waals surface area contributed by atoms with Gasteiger partial charge in [0.25, 0.3) is 0 Å². The van der Waals surface area contributed by atoms with Gasteiger partial charge in [0.2, 0.25) is 0 Å². The summed E-state index contributed by atoms with van der Waals surface area (Å²) in [7, 11) is 1.72. The molecule has 0 radical (unpaired) electrons. The van der Waals surface area contributed by atoms with Gasteiger partial charge in [0.1, 0.15) is 11.5 Å². The summed E-state index contributed by atoms with van der Waals surface area (Å²) in [5.74, 6) is 1.47. The smallest absolute Gasteiger partial charge is 0.389 e. The Morgan fingerprint density at radius 3 is 2.50 bits per heavy atom. The van der Waals surface area contributed by atoms with E-state index in [4.69, 9.17) is 4.42 Å². The monoisotopic (exact) mass is 235 g/mol. The average Bonchev–Trinajstić information content (AvgIpc) is 2.58. The van der Waals surface area contributed by atoms with Gasteiger partial charge in [0, 0.05) is 6.42 Å². The minimum atomic E-state index is -4.07. The Morgan fingerprint density at radius 2 is 2.06 bits per heavy atom. The molecule has 1 heterocycles.